The Labute approximate surface area is 352 Å². The van der Waals surface area contributed by atoms with Crippen molar-refractivity contribution in [3.05, 3.63) is 109 Å². The van der Waals surface area contributed by atoms with Crippen molar-refractivity contribution in [2.45, 2.75) is 48.6 Å². The summed E-state index contributed by atoms with van der Waals surface area (Å²) >= 11 is 0. The number of fused-ring (bicyclic) bond motifs is 4. The zero-order valence-corrected chi connectivity index (χ0v) is 33.1. The molecule has 3 fully saturated rings. The molecule has 0 aliphatic carbocycles. The van der Waals surface area contributed by atoms with Crippen LogP contribution in [0.4, 0.5) is 16.0 Å². The summed E-state index contributed by atoms with van der Waals surface area (Å²) in [5, 5.41) is 27.2. The van der Waals surface area contributed by atoms with Crippen LogP contribution >= 0.6 is 7.82 Å². The van der Waals surface area contributed by atoms with E-state index < -0.39 is 81.5 Å². The first-order valence-electron chi connectivity index (χ1n) is 19.1. The summed E-state index contributed by atoms with van der Waals surface area (Å²) in [5.74, 6) is -0.639. The van der Waals surface area contributed by atoms with Gasteiger partial charge in [-0.25, -0.2) is 40.9 Å². The van der Waals surface area contributed by atoms with E-state index in [4.69, 9.17) is 41.9 Å². The van der Waals surface area contributed by atoms with Gasteiger partial charge in [-0.15, -0.1) is 0 Å². The second kappa shape index (κ2) is 17.1. The summed E-state index contributed by atoms with van der Waals surface area (Å²) in [7, 11) is 2.67. The molecule has 3 aliphatic heterocycles. The molecule has 3 aliphatic rings. The van der Waals surface area contributed by atoms with Crippen LogP contribution in [0.5, 0.6) is 0 Å². The van der Waals surface area contributed by atoms with Crippen molar-refractivity contribution in [3.8, 4) is 0 Å². The molecule has 4 N–H and O–H groups in total. The first-order valence-corrected chi connectivity index (χ1v) is 20.7. The van der Waals surface area contributed by atoms with Crippen LogP contribution in [0.3, 0.4) is 0 Å². The first kappa shape index (κ1) is 41.4. The van der Waals surface area contributed by atoms with Gasteiger partial charge in [0.1, 0.15) is 37.6 Å². The Morgan fingerprint density at radius 1 is 0.903 bits per heavy atom. The van der Waals surface area contributed by atoms with E-state index in [9.17, 15) is 19.8 Å². The Kier molecular flexibility index (Phi) is 11.4. The van der Waals surface area contributed by atoms with Crippen LogP contribution in [0.25, 0.3) is 27.2 Å². The molecule has 2 radical (unpaired) electrons. The summed E-state index contributed by atoms with van der Waals surface area (Å²) in [6.07, 6.45) is -4.53. The van der Waals surface area contributed by atoms with Gasteiger partial charge in [0.2, 0.25) is 6.54 Å². The van der Waals surface area contributed by atoms with Gasteiger partial charge in [0, 0.05) is 11.1 Å². The molecular formula is C38H35BFN11O10P+. The number of rotatable bonds is 15. The standard InChI is InChI=1S/C38H35BFN11O10P/c1-41-12-13-57-62(39,58-14-23-27(53)24(40)36(59-23)50-19-46-25-30(42-17-44-32(25)50)48-34(54)21-8-4-2-5-9-21)61-29-28-37(60-38(29,15-52)16-56-28)51-20-47-26-31(43-18-45-33(26)51)49-35(55)22-10-6-3-7-11-22/h2-11,17-20,23-24,27-29,36-37,52-53H,12-16H2,(H,42,44,48,54)(H,43,45,49,55)/q+1/t23-,24+,27?,28?,29-,36-,37-,38+,62?/m1/s1. The third-order valence-electron chi connectivity index (χ3n) is 10.5. The number of aliphatic hydroxyl groups excluding tert-OH is 2. The average Bonchev–Trinajstić information content (AvgIpc) is 4.12. The Morgan fingerprint density at radius 3 is 2.05 bits per heavy atom. The Bertz CT molecular complexity index is 2650. The summed E-state index contributed by atoms with van der Waals surface area (Å²) in [6, 6.07) is 17.0. The number of alkyl halides is 1. The molecule has 4 aromatic heterocycles. The van der Waals surface area contributed by atoms with Crippen LogP contribution in [0, 0.1) is 6.57 Å². The van der Waals surface area contributed by atoms with E-state index in [2.05, 4.69) is 45.4 Å². The van der Waals surface area contributed by atoms with Gasteiger partial charge in [0.15, 0.2) is 70.9 Å². The number of aliphatic hydroxyl groups is 2. The van der Waals surface area contributed by atoms with Crippen LogP contribution < -0.4 is 10.6 Å². The molecule has 3 saturated heterocycles. The molecule has 24 heteroatoms. The number of hydrogen-bond acceptors (Lipinski definition) is 16. The second-order valence-electron chi connectivity index (χ2n) is 14.3. The van der Waals surface area contributed by atoms with Crippen LogP contribution in [0.15, 0.2) is 86.0 Å². The maximum atomic E-state index is 15.9. The molecule has 0 saturated carbocycles. The molecule has 9 atom stereocenters. The number of aromatic nitrogens is 8. The predicted octanol–water partition coefficient (Wildman–Crippen LogP) is 2.61. The Balaban J connectivity index is 0.915. The van der Waals surface area contributed by atoms with E-state index in [0.717, 1.165) is 0 Å². The van der Waals surface area contributed by atoms with Crippen molar-refractivity contribution in [2.24, 2.45) is 0 Å². The fourth-order valence-electron chi connectivity index (χ4n) is 7.40. The Hall–Kier alpha value is -5.93. The van der Waals surface area contributed by atoms with Crippen LogP contribution in [0.1, 0.15) is 33.2 Å². The number of ether oxygens (including phenoxy) is 3. The van der Waals surface area contributed by atoms with Gasteiger partial charge in [-0.3, -0.25) is 18.7 Å². The van der Waals surface area contributed by atoms with Crippen LogP contribution in [0.2, 0.25) is 0 Å². The first-order chi connectivity index (χ1) is 30.1. The molecule has 3 unspecified atom stereocenters. The van der Waals surface area contributed by atoms with E-state index >= 15 is 4.39 Å². The normalized spacial score (nSPS) is 26.4. The van der Waals surface area contributed by atoms with Gasteiger partial charge in [0.25, 0.3) is 11.8 Å². The van der Waals surface area contributed by atoms with Crippen LogP contribution in [-0.4, -0.2) is 138 Å². The monoisotopic (exact) mass is 866 g/mol. The molecular weight excluding hydrogens is 831 g/mol. The summed E-state index contributed by atoms with van der Waals surface area (Å²) in [4.78, 5) is 54.8. The number of nitrogens with zero attached hydrogens (tertiary/aromatic N) is 9. The topological polar surface area (TPSA) is 246 Å². The van der Waals surface area contributed by atoms with E-state index in [0.29, 0.717) is 11.1 Å². The third-order valence-corrected chi connectivity index (χ3v) is 12.1. The lowest BCUT2D eigenvalue weighted by Gasteiger charge is -2.30. The number of anilines is 2. The number of carbonyl (C=O) groups excluding carboxylic acids is 2. The lowest BCUT2D eigenvalue weighted by Crippen LogP contribution is -2.45. The molecule has 0 spiro atoms. The molecule has 7 heterocycles. The zero-order chi connectivity index (χ0) is 43.0. The van der Waals surface area contributed by atoms with Gasteiger partial charge >= 0.3 is 15.4 Å². The summed E-state index contributed by atoms with van der Waals surface area (Å²) in [6.45, 7) is 5.64. The predicted molar refractivity (Wildman–Crippen MR) is 215 cm³/mol. The number of nitrogens with one attached hydrogen (secondary N) is 2. The van der Waals surface area contributed by atoms with Crippen molar-refractivity contribution in [3.63, 3.8) is 0 Å². The highest BCUT2D eigenvalue weighted by Gasteiger charge is 2.67. The number of benzene rings is 2. The van der Waals surface area contributed by atoms with Crippen LogP contribution in [-0.2, 0) is 27.8 Å². The maximum Gasteiger partial charge on any atom is 0.488 e. The number of imidazole rings is 2. The minimum atomic E-state index is -4.01. The number of halogens is 1. The molecule has 316 valence electrons. The second-order valence-corrected chi connectivity index (χ2v) is 16.1. The molecule has 2 aromatic carbocycles. The smallest absolute Gasteiger partial charge is 0.393 e. The highest BCUT2D eigenvalue weighted by Crippen LogP contribution is 2.63. The zero-order valence-electron chi connectivity index (χ0n) is 32.2. The third kappa shape index (κ3) is 7.65. The van der Waals surface area contributed by atoms with Gasteiger partial charge in [0.05, 0.1) is 25.9 Å². The van der Waals surface area contributed by atoms with Crippen molar-refractivity contribution in [2.75, 3.05) is 43.6 Å². The van der Waals surface area contributed by atoms with Crippen molar-refractivity contribution < 1.29 is 52.0 Å². The van der Waals surface area contributed by atoms with E-state index in [-0.39, 0.29) is 53.7 Å². The largest absolute Gasteiger partial charge is 0.488 e. The average molecular weight is 867 g/mol. The lowest BCUT2D eigenvalue weighted by molar-refractivity contribution is -0.185. The van der Waals surface area contributed by atoms with Gasteiger partial charge < -0.3 is 39.9 Å². The van der Waals surface area contributed by atoms with Gasteiger partial charge in [-0.2, -0.15) is 13.6 Å². The van der Waals surface area contributed by atoms with Gasteiger partial charge in [-0.1, -0.05) is 36.4 Å². The lowest BCUT2D eigenvalue weighted by atomic mass is 10.0. The Morgan fingerprint density at radius 2 is 1.48 bits per heavy atom. The number of carbonyl (C=O) groups is 2. The number of hydrogen-bond donors (Lipinski definition) is 4. The number of amides is 2. The summed E-state index contributed by atoms with van der Waals surface area (Å²) in [5.41, 5.74) is 0.0604. The molecule has 2 bridgehead atoms. The van der Waals surface area contributed by atoms with Crippen molar-refractivity contribution in [1.82, 2.24) is 39.0 Å². The van der Waals surface area contributed by atoms with Crippen molar-refractivity contribution >= 4 is 61.2 Å². The molecule has 9 rings (SSSR count). The SMILES string of the molecule is [B][P+](OCC[N+]#[C-])(OC[C@H]1O[C@@H](n2cnc3c(NC(=O)c4ccccc4)ncnc32)[C@@H](F)C1O)O[C@@H]1C2OC[C@]1(CO)O[C@H]2n1cnc2c(NC(=O)c3ccccc3)ncnc21. The van der Waals surface area contributed by atoms with E-state index in [1.807, 2.05) is 0 Å². The molecule has 6 aromatic rings. The van der Waals surface area contributed by atoms with E-state index in [1.165, 1.54) is 29.9 Å². The molecule has 2 amide bonds. The van der Waals surface area contributed by atoms with E-state index in [1.54, 1.807) is 65.2 Å². The quantitative estimate of drug-likeness (QED) is 0.0502. The van der Waals surface area contributed by atoms with Gasteiger partial charge in [-0.05, 0) is 24.3 Å². The highest BCUT2D eigenvalue weighted by molar-refractivity contribution is 7.85. The minimum Gasteiger partial charge on any atom is -0.393 e. The summed E-state index contributed by atoms with van der Waals surface area (Å²) < 4.78 is 55.4. The maximum absolute atomic E-state index is 15.9. The molecule has 62 heavy (non-hydrogen) atoms. The fourth-order valence-corrected chi connectivity index (χ4v) is 8.92. The fraction of sp³-hybridized carbons (Fsp3) is 0.342. The highest BCUT2D eigenvalue weighted by atomic mass is 31.2. The minimum absolute atomic E-state index is 0.0752. The molecule has 21 nitrogen and oxygen atoms in total. The van der Waals surface area contributed by atoms with Crippen molar-refractivity contribution in [1.29, 1.82) is 0 Å².